The van der Waals surface area contributed by atoms with Gasteiger partial charge in [-0.1, -0.05) is 11.8 Å². The highest BCUT2D eigenvalue weighted by atomic mass is 16.5. The highest BCUT2D eigenvalue weighted by molar-refractivity contribution is 5.43. The fourth-order valence-electron chi connectivity index (χ4n) is 2.68. The predicted molar refractivity (Wildman–Crippen MR) is 83.4 cm³/mol. The van der Waals surface area contributed by atoms with Crippen molar-refractivity contribution >= 4 is 0 Å². The van der Waals surface area contributed by atoms with Crippen molar-refractivity contribution < 1.29 is 14.6 Å². The molecule has 0 aliphatic heterocycles. The standard InChI is InChI=1S/C18H24O3/c1-14-12-15(6-3-4-11-19)9-10-18(14)21-17-8-5-7-16(13-17)20-2/h9-10,12,16-17,19H,4-5,7-8,11,13H2,1-2H3. The van der Waals surface area contributed by atoms with Gasteiger partial charge in [0.15, 0.2) is 0 Å². The highest BCUT2D eigenvalue weighted by Gasteiger charge is 2.23. The van der Waals surface area contributed by atoms with Crippen molar-refractivity contribution in [3.8, 4) is 17.6 Å². The fourth-order valence-corrected chi connectivity index (χ4v) is 2.68. The Morgan fingerprint density at radius 1 is 1.29 bits per heavy atom. The molecule has 3 nitrogen and oxygen atoms in total. The number of benzene rings is 1. The van der Waals surface area contributed by atoms with Crippen LogP contribution in [-0.2, 0) is 4.74 Å². The van der Waals surface area contributed by atoms with Crippen LogP contribution in [0.3, 0.4) is 0 Å². The van der Waals surface area contributed by atoms with E-state index in [4.69, 9.17) is 14.6 Å². The summed E-state index contributed by atoms with van der Waals surface area (Å²) in [6.45, 7) is 2.15. The van der Waals surface area contributed by atoms with Gasteiger partial charge in [0.25, 0.3) is 0 Å². The lowest BCUT2D eigenvalue weighted by atomic mass is 9.95. The number of aryl methyl sites for hydroxylation is 1. The molecule has 114 valence electrons. The lowest BCUT2D eigenvalue weighted by molar-refractivity contribution is 0.0207. The van der Waals surface area contributed by atoms with E-state index in [-0.39, 0.29) is 12.7 Å². The maximum absolute atomic E-state index is 8.73. The molecule has 0 saturated heterocycles. The van der Waals surface area contributed by atoms with Crippen molar-refractivity contribution in [2.45, 2.75) is 51.2 Å². The van der Waals surface area contributed by atoms with E-state index in [1.165, 1.54) is 0 Å². The second-order valence-corrected chi connectivity index (χ2v) is 5.52. The summed E-state index contributed by atoms with van der Waals surface area (Å²) in [4.78, 5) is 0. The largest absolute Gasteiger partial charge is 0.490 e. The molecule has 0 bridgehead atoms. The summed E-state index contributed by atoms with van der Waals surface area (Å²) < 4.78 is 11.6. The first-order valence-electron chi connectivity index (χ1n) is 7.62. The summed E-state index contributed by atoms with van der Waals surface area (Å²) in [6.07, 6.45) is 5.44. The molecule has 0 aromatic heterocycles. The molecule has 2 unspecified atom stereocenters. The van der Waals surface area contributed by atoms with Crippen molar-refractivity contribution in [2.24, 2.45) is 0 Å². The molecule has 1 saturated carbocycles. The molecule has 2 atom stereocenters. The van der Waals surface area contributed by atoms with E-state index >= 15 is 0 Å². The molecule has 1 aromatic rings. The Balaban J connectivity index is 1.99. The first-order chi connectivity index (χ1) is 10.2. The van der Waals surface area contributed by atoms with Crippen molar-refractivity contribution in [1.29, 1.82) is 0 Å². The number of aliphatic hydroxyl groups is 1. The quantitative estimate of drug-likeness (QED) is 0.865. The molecule has 2 rings (SSSR count). The van der Waals surface area contributed by atoms with Crippen LogP contribution in [-0.4, -0.2) is 31.0 Å². The summed E-state index contributed by atoms with van der Waals surface area (Å²) >= 11 is 0. The van der Waals surface area contributed by atoms with Gasteiger partial charge in [-0.2, -0.15) is 0 Å². The van der Waals surface area contributed by atoms with Crippen molar-refractivity contribution in [3.05, 3.63) is 29.3 Å². The topological polar surface area (TPSA) is 38.7 Å². The molecule has 3 heteroatoms. The number of rotatable bonds is 4. The summed E-state index contributed by atoms with van der Waals surface area (Å²) in [7, 11) is 1.78. The first-order valence-corrected chi connectivity index (χ1v) is 7.62. The molecule has 1 aliphatic carbocycles. The van der Waals surface area contributed by atoms with Crippen LogP contribution in [0.5, 0.6) is 5.75 Å². The summed E-state index contributed by atoms with van der Waals surface area (Å²) in [5, 5.41) is 8.73. The molecule has 1 fully saturated rings. The van der Waals surface area contributed by atoms with Gasteiger partial charge in [-0.15, -0.1) is 0 Å². The van der Waals surface area contributed by atoms with Gasteiger partial charge >= 0.3 is 0 Å². The minimum absolute atomic E-state index is 0.107. The van der Waals surface area contributed by atoms with Gasteiger partial charge in [-0.05, 0) is 49.9 Å². The number of hydrogen-bond acceptors (Lipinski definition) is 3. The minimum Gasteiger partial charge on any atom is -0.490 e. The van der Waals surface area contributed by atoms with Crippen LogP contribution in [0.25, 0.3) is 0 Å². The van der Waals surface area contributed by atoms with E-state index in [0.29, 0.717) is 12.5 Å². The molecule has 0 amide bonds. The van der Waals surface area contributed by atoms with Crippen LogP contribution in [0.1, 0.15) is 43.2 Å². The highest BCUT2D eigenvalue weighted by Crippen LogP contribution is 2.27. The number of aliphatic hydroxyl groups excluding tert-OH is 1. The van der Waals surface area contributed by atoms with E-state index in [1.807, 2.05) is 25.1 Å². The lowest BCUT2D eigenvalue weighted by Gasteiger charge is -2.29. The molecule has 1 aromatic carbocycles. The van der Waals surface area contributed by atoms with Gasteiger partial charge in [0.05, 0.1) is 12.7 Å². The Labute approximate surface area is 127 Å². The Bertz CT molecular complexity index is 513. The maximum atomic E-state index is 8.73. The zero-order valence-electron chi connectivity index (χ0n) is 12.9. The van der Waals surface area contributed by atoms with Gasteiger partial charge in [-0.25, -0.2) is 0 Å². The van der Waals surface area contributed by atoms with Gasteiger partial charge in [0.1, 0.15) is 11.9 Å². The van der Waals surface area contributed by atoms with E-state index in [1.54, 1.807) is 7.11 Å². The van der Waals surface area contributed by atoms with Crippen LogP contribution in [0.15, 0.2) is 18.2 Å². The summed E-state index contributed by atoms with van der Waals surface area (Å²) in [5.41, 5.74) is 2.07. The van der Waals surface area contributed by atoms with Crippen molar-refractivity contribution in [3.63, 3.8) is 0 Å². The van der Waals surface area contributed by atoms with Gasteiger partial charge in [-0.3, -0.25) is 0 Å². The third-order valence-electron chi connectivity index (χ3n) is 3.85. The molecular formula is C18H24O3. The molecular weight excluding hydrogens is 264 g/mol. The predicted octanol–water partition coefficient (Wildman–Crippen LogP) is 3.07. The SMILES string of the molecule is COC1CCCC(Oc2ccc(C#CCCO)cc2C)C1. The summed E-state index contributed by atoms with van der Waals surface area (Å²) in [5.74, 6) is 6.92. The third kappa shape index (κ3) is 4.77. The van der Waals surface area contributed by atoms with Crippen LogP contribution < -0.4 is 4.74 Å². The Hall–Kier alpha value is -1.50. The molecule has 0 spiro atoms. The van der Waals surface area contributed by atoms with E-state index < -0.39 is 0 Å². The average Bonchev–Trinajstić information content (AvgIpc) is 2.50. The smallest absolute Gasteiger partial charge is 0.122 e. The van der Waals surface area contributed by atoms with Crippen LogP contribution in [0.4, 0.5) is 0 Å². The van der Waals surface area contributed by atoms with Gasteiger partial charge in [0.2, 0.25) is 0 Å². The van der Waals surface area contributed by atoms with Crippen molar-refractivity contribution in [2.75, 3.05) is 13.7 Å². The van der Waals surface area contributed by atoms with Crippen LogP contribution in [0.2, 0.25) is 0 Å². The fraction of sp³-hybridized carbons (Fsp3) is 0.556. The number of hydrogen-bond donors (Lipinski definition) is 1. The van der Waals surface area contributed by atoms with Crippen LogP contribution >= 0.6 is 0 Å². The van der Waals surface area contributed by atoms with Gasteiger partial charge in [0, 0.05) is 25.5 Å². The molecule has 1 aliphatic rings. The second-order valence-electron chi connectivity index (χ2n) is 5.52. The third-order valence-corrected chi connectivity index (χ3v) is 3.85. The van der Waals surface area contributed by atoms with Crippen molar-refractivity contribution in [1.82, 2.24) is 0 Å². The zero-order chi connectivity index (χ0) is 15.1. The molecule has 0 heterocycles. The van der Waals surface area contributed by atoms with E-state index in [2.05, 4.69) is 11.8 Å². The second kappa shape index (κ2) is 8.07. The molecule has 1 N–H and O–H groups in total. The number of ether oxygens (including phenoxy) is 2. The Kier molecular flexibility index (Phi) is 6.10. The monoisotopic (exact) mass is 288 g/mol. The maximum Gasteiger partial charge on any atom is 0.122 e. The lowest BCUT2D eigenvalue weighted by Crippen LogP contribution is -2.29. The Morgan fingerprint density at radius 2 is 2.10 bits per heavy atom. The first kappa shape index (κ1) is 15.9. The van der Waals surface area contributed by atoms with Gasteiger partial charge < -0.3 is 14.6 Å². The molecule has 21 heavy (non-hydrogen) atoms. The summed E-state index contributed by atoms with van der Waals surface area (Å²) in [6, 6.07) is 6.01. The average molecular weight is 288 g/mol. The normalized spacial score (nSPS) is 21.5. The molecule has 0 radical (unpaired) electrons. The minimum atomic E-state index is 0.107. The zero-order valence-corrected chi connectivity index (χ0v) is 12.9. The Morgan fingerprint density at radius 3 is 2.81 bits per heavy atom. The van der Waals surface area contributed by atoms with Crippen LogP contribution in [0, 0.1) is 18.8 Å². The van der Waals surface area contributed by atoms with E-state index in [0.717, 1.165) is 42.6 Å². The number of methoxy groups -OCH3 is 1. The van der Waals surface area contributed by atoms with E-state index in [9.17, 15) is 0 Å².